The molecule has 1 N–H and O–H groups in total. The quantitative estimate of drug-likeness (QED) is 0.734. The maximum atomic E-state index is 5.42. The van der Waals surface area contributed by atoms with Crippen molar-refractivity contribution in [1.29, 1.82) is 0 Å². The van der Waals surface area contributed by atoms with Gasteiger partial charge < -0.3 is 10.1 Å². The van der Waals surface area contributed by atoms with Gasteiger partial charge in [-0.05, 0) is 39.3 Å². The van der Waals surface area contributed by atoms with Crippen LogP contribution in [0.5, 0.6) is 0 Å². The van der Waals surface area contributed by atoms with Crippen molar-refractivity contribution in [3.63, 3.8) is 0 Å². The Bertz CT molecular complexity index is 358. The minimum atomic E-state index is 0.457. The Balaban J connectivity index is 1.83. The van der Waals surface area contributed by atoms with Crippen molar-refractivity contribution < 1.29 is 4.74 Å². The Morgan fingerprint density at radius 2 is 2.26 bits per heavy atom. The lowest BCUT2D eigenvalue weighted by molar-refractivity contribution is 0.137. The Hall–Kier alpha value is -0.870. The van der Waals surface area contributed by atoms with E-state index in [-0.39, 0.29) is 0 Å². The highest BCUT2D eigenvalue weighted by Gasteiger charge is 2.18. The van der Waals surface area contributed by atoms with Gasteiger partial charge in [0.2, 0.25) is 0 Å². The highest BCUT2D eigenvalue weighted by Crippen LogP contribution is 2.28. The van der Waals surface area contributed by atoms with Gasteiger partial charge in [-0.2, -0.15) is 5.10 Å². The molecule has 19 heavy (non-hydrogen) atoms. The monoisotopic (exact) mass is 265 g/mol. The number of nitrogens with one attached hydrogen (secondary N) is 1. The van der Waals surface area contributed by atoms with E-state index in [9.17, 15) is 0 Å². The third kappa shape index (κ3) is 4.32. The molecule has 2 rings (SSSR count). The first-order valence-corrected chi connectivity index (χ1v) is 7.62. The van der Waals surface area contributed by atoms with E-state index in [2.05, 4.69) is 22.3 Å². The van der Waals surface area contributed by atoms with Crippen LogP contribution in [-0.2, 0) is 11.2 Å². The Labute approximate surface area is 116 Å². The molecule has 0 aromatic carbocycles. The number of aromatic nitrogens is 2. The predicted molar refractivity (Wildman–Crippen MR) is 77.4 cm³/mol. The molecule has 108 valence electrons. The molecule has 1 aromatic heterocycles. The van der Waals surface area contributed by atoms with Crippen LogP contribution < -0.4 is 5.32 Å². The van der Waals surface area contributed by atoms with Crippen molar-refractivity contribution >= 4 is 0 Å². The van der Waals surface area contributed by atoms with Crippen molar-refractivity contribution in [1.82, 2.24) is 15.1 Å². The van der Waals surface area contributed by atoms with Crippen LogP contribution in [0.15, 0.2) is 12.3 Å². The zero-order valence-electron chi connectivity index (χ0n) is 12.3. The predicted octanol–water partition coefficient (Wildman–Crippen LogP) is 2.56. The minimum Gasteiger partial charge on any atom is -0.382 e. The van der Waals surface area contributed by atoms with Crippen LogP contribution >= 0.6 is 0 Å². The van der Waals surface area contributed by atoms with E-state index in [1.807, 2.05) is 14.0 Å². The largest absolute Gasteiger partial charge is 0.382 e. The van der Waals surface area contributed by atoms with Gasteiger partial charge in [-0.1, -0.05) is 12.8 Å². The number of nitrogens with zero attached hydrogens (tertiary/aromatic N) is 2. The molecule has 0 aliphatic heterocycles. The van der Waals surface area contributed by atoms with Gasteiger partial charge in [-0.25, -0.2) is 0 Å². The van der Waals surface area contributed by atoms with E-state index < -0.39 is 0 Å². The van der Waals surface area contributed by atoms with Crippen LogP contribution in [0.3, 0.4) is 0 Å². The maximum absolute atomic E-state index is 5.42. The van der Waals surface area contributed by atoms with Crippen molar-refractivity contribution in [3.8, 4) is 0 Å². The number of likely N-dealkylation sites (N-methyl/N-ethyl adjacent to an activating group) is 1. The van der Waals surface area contributed by atoms with Crippen LogP contribution in [0, 0.1) is 0 Å². The van der Waals surface area contributed by atoms with E-state index in [0.29, 0.717) is 12.1 Å². The highest BCUT2D eigenvalue weighted by molar-refractivity contribution is 5.02. The Morgan fingerprint density at radius 1 is 1.47 bits per heavy atom. The lowest BCUT2D eigenvalue weighted by atomic mass is 10.1. The molecule has 1 aliphatic rings. The van der Waals surface area contributed by atoms with E-state index in [4.69, 9.17) is 9.84 Å². The molecule has 4 nitrogen and oxygen atoms in total. The van der Waals surface area contributed by atoms with E-state index in [1.165, 1.54) is 31.4 Å². The first kappa shape index (κ1) is 14.5. The van der Waals surface area contributed by atoms with Crippen molar-refractivity contribution in [3.05, 3.63) is 18.0 Å². The van der Waals surface area contributed by atoms with E-state index >= 15 is 0 Å². The third-order valence-electron chi connectivity index (χ3n) is 4.04. The number of ether oxygens (including phenoxy) is 1. The molecular formula is C15H27N3O. The average molecular weight is 265 g/mol. The van der Waals surface area contributed by atoms with Gasteiger partial charge in [0, 0.05) is 31.9 Å². The standard InChI is InChI=1S/C15H27N3O/c1-3-19-11-9-13(16-2)12-14-8-10-18(17-14)15-6-4-5-7-15/h8,10,13,15-16H,3-7,9,11-12H2,1-2H3. The number of rotatable bonds is 8. The fourth-order valence-electron chi connectivity index (χ4n) is 2.83. The van der Waals surface area contributed by atoms with Gasteiger partial charge in [0.05, 0.1) is 11.7 Å². The zero-order valence-corrected chi connectivity index (χ0v) is 12.3. The van der Waals surface area contributed by atoms with Crippen LogP contribution in [0.25, 0.3) is 0 Å². The second kappa shape index (κ2) is 7.65. The molecule has 4 heteroatoms. The maximum Gasteiger partial charge on any atom is 0.0640 e. The molecule has 0 radical (unpaired) electrons. The van der Waals surface area contributed by atoms with Gasteiger partial charge in [0.25, 0.3) is 0 Å². The van der Waals surface area contributed by atoms with Gasteiger partial charge in [-0.15, -0.1) is 0 Å². The van der Waals surface area contributed by atoms with Crippen LogP contribution in [0.1, 0.15) is 50.8 Å². The van der Waals surface area contributed by atoms with Crippen LogP contribution in [0.4, 0.5) is 0 Å². The summed E-state index contributed by atoms with van der Waals surface area (Å²) in [7, 11) is 2.02. The Kier molecular flexibility index (Phi) is 5.86. The summed E-state index contributed by atoms with van der Waals surface area (Å²) in [6.07, 6.45) is 9.48. The van der Waals surface area contributed by atoms with Crippen LogP contribution in [0.2, 0.25) is 0 Å². The van der Waals surface area contributed by atoms with Crippen molar-refractivity contribution in [2.45, 2.75) is 57.5 Å². The lowest BCUT2D eigenvalue weighted by Gasteiger charge is -2.15. The summed E-state index contributed by atoms with van der Waals surface area (Å²) in [5, 5.41) is 8.10. The van der Waals surface area contributed by atoms with E-state index in [0.717, 1.165) is 26.1 Å². The summed E-state index contributed by atoms with van der Waals surface area (Å²) in [6.45, 7) is 3.66. The lowest BCUT2D eigenvalue weighted by Crippen LogP contribution is -2.29. The summed E-state index contributed by atoms with van der Waals surface area (Å²) < 4.78 is 7.60. The average Bonchev–Trinajstić information content (AvgIpc) is 3.08. The highest BCUT2D eigenvalue weighted by atomic mass is 16.5. The number of hydrogen-bond donors (Lipinski definition) is 1. The summed E-state index contributed by atoms with van der Waals surface area (Å²) in [5.41, 5.74) is 1.20. The van der Waals surface area contributed by atoms with Gasteiger partial charge in [0.15, 0.2) is 0 Å². The van der Waals surface area contributed by atoms with Gasteiger partial charge in [-0.3, -0.25) is 4.68 Å². The molecular weight excluding hydrogens is 238 g/mol. The fraction of sp³-hybridized carbons (Fsp3) is 0.800. The molecule has 0 saturated heterocycles. The third-order valence-corrected chi connectivity index (χ3v) is 4.04. The Morgan fingerprint density at radius 3 is 2.95 bits per heavy atom. The summed E-state index contributed by atoms with van der Waals surface area (Å²) in [5.74, 6) is 0. The second-order valence-corrected chi connectivity index (χ2v) is 5.40. The van der Waals surface area contributed by atoms with Crippen LogP contribution in [-0.4, -0.2) is 36.1 Å². The SMILES string of the molecule is CCOCCC(Cc1ccn(C2CCCC2)n1)NC. The van der Waals surface area contributed by atoms with Gasteiger partial charge >= 0.3 is 0 Å². The summed E-state index contributed by atoms with van der Waals surface area (Å²) in [6, 6.07) is 3.27. The molecule has 1 aromatic rings. The molecule has 1 heterocycles. The second-order valence-electron chi connectivity index (χ2n) is 5.40. The molecule has 0 bridgehead atoms. The molecule has 0 spiro atoms. The number of hydrogen-bond acceptors (Lipinski definition) is 3. The molecule has 0 amide bonds. The summed E-state index contributed by atoms with van der Waals surface area (Å²) >= 11 is 0. The first-order chi connectivity index (χ1) is 9.33. The van der Waals surface area contributed by atoms with Crippen molar-refractivity contribution in [2.75, 3.05) is 20.3 Å². The first-order valence-electron chi connectivity index (χ1n) is 7.62. The van der Waals surface area contributed by atoms with Gasteiger partial charge in [0.1, 0.15) is 0 Å². The molecule has 1 saturated carbocycles. The molecule has 1 aliphatic carbocycles. The molecule has 1 fully saturated rings. The fourth-order valence-corrected chi connectivity index (χ4v) is 2.83. The minimum absolute atomic E-state index is 0.457. The topological polar surface area (TPSA) is 39.1 Å². The van der Waals surface area contributed by atoms with Crippen molar-refractivity contribution in [2.24, 2.45) is 0 Å². The molecule has 1 unspecified atom stereocenters. The smallest absolute Gasteiger partial charge is 0.0640 e. The molecule has 1 atom stereocenters. The van der Waals surface area contributed by atoms with E-state index in [1.54, 1.807) is 0 Å². The summed E-state index contributed by atoms with van der Waals surface area (Å²) in [4.78, 5) is 0. The normalized spacial score (nSPS) is 18.0. The zero-order chi connectivity index (χ0) is 13.5.